The van der Waals surface area contributed by atoms with Crippen molar-refractivity contribution in [1.82, 2.24) is 4.90 Å². The van der Waals surface area contributed by atoms with Gasteiger partial charge in [0.05, 0.1) is 6.26 Å². The number of Topliss-reactive ketones (excluding diaryl/α,β-unsaturated/α-hetero) is 1. The molecule has 1 aromatic heterocycles. The van der Waals surface area contributed by atoms with Crippen LogP contribution < -0.4 is 0 Å². The largest absolute Gasteiger partial charge is 0.464 e. The highest BCUT2D eigenvalue weighted by atomic mass is 16.3. The number of carbonyl (C=O) groups excluding carboxylic acids is 1. The second-order valence-corrected chi connectivity index (χ2v) is 8.41. The summed E-state index contributed by atoms with van der Waals surface area (Å²) in [6.45, 7) is 2.78. The van der Waals surface area contributed by atoms with Crippen molar-refractivity contribution in [3.05, 3.63) is 114 Å². The van der Waals surface area contributed by atoms with Crippen molar-refractivity contribution in [2.75, 3.05) is 19.6 Å². The Bertz CT molecular complexity index is 1220. The smallest absolute Gasteiger partial charge is 0.170 e. The first-order valence-corrected chi connectivity index (χ1v) is 11.3. The minimum Gasteiger partial charge on any atom is -0.464 e. The lowest BCUT2D eigenvalue weighted by Crippen LogP contribution is -2.31. The molecule has 1 aliphatic heterocycles. The zero-order chi connectivity index (χ0) is 21.8. The van der Waals surface area contributed by atoms with Crippen molar-refractivity contribution in [2.45, 2.75) is 18.8 Å². The van der Waals surface area contributed by atoms with Crippen LogP contribution in [-0.2, 0) is 0 Å². The Balaban J connectivity index is 1.29. The number of hydrogen-bond acceptors (Lipinski definition) is 3. The lowest BCUT2D eigenvalue weighted by atomic mass is 9.87. The molecule has 3 heteroatoms. The van der Waals surface area contributed by atoms with Gasteiger partial charge < -0.3 is 4.42 Å². The fraction of sp³-hybridized carbons (Fsp3) is 0.207. The van der Waals surface area contributed by atoms with Crippen LogP contribution in [0.5, 0.6) is 0 Å². The van der Waals surface area contributed by atoms with Crippen LogP contribution in [0.3, 0.4) is 0 Å². The summed E-state index contributed by atoms with van der Waals surface area (Å²) < 4.78 is 5.73. The van der Waals surface area contributed by atoms with Gasteiger partial charge >= 0.3 is 0 Å². The van der Waals surface area contributed by atoms with Crippen molar-refractivity contribution >= 4 is 22.3 Å². The third kappa shape index (κ3) is 4.30. The Morgan fingerprint density at radius 2 is 1.69 bits per heavy atom. The molecular formula is C29H27NO2. The van der Waals surface area contributed by atoms with Gasteiger partial charge in [-0.1, -0.05) is 84.9 Å². The summed E-state index contributed by atoms with van der Waals surface area (Å²) in [5.41, 5.74) is 5.41. The molecule has 0 aliphatic carbocycles. The molecule has 4 aromatic rings. The van der Waals surface area contributed by atoms with Crippen LogP contribution in [0.2, 0.25) is 0 Å². The van der Waals surface area contributed by atoms with E-state index in [2.05, 4.69) is 41.3 Å². The highest BCUT2D eigenvalue weighted by molar-refractivity contribution is 6.01. The van der Waals surface area contributed by atoms with E-state index < -0.39 is 0 Å². The van der Waals surface area contributed by atoms with Crippen LogP contribution in [0.4, 0.5) is 0 Å². The van der Waals surface area contributed by atoms with E-state index in [4.69, 9.17) is 4.42 Å². The van der Waals surface area contributed by atoms with Gasteiger partial charge in [0.2, 0.25) is 0 Å². The average Bonchev–Trinajstić information content (AvgIpc) is 3.35. The molecule has 0 amide bonds. The van der Waals surface area contributed by atoms with E-state index in [1.165, 1.54) is 11.1 Å². The Morgan fingerprint density at radius 3 is 2.44 bits per heavy atom. The van der Waals surface area contributed by atoms with Gasteiger partial charge in [-0.3, -0.25) is 9.69 Å². The fourth-order valence-electron chi connectivity index (χ4n) is 4.65. The maximum absolute atomic E-state index is 13.3. The van der Waals surface area contributed by atoms with E-state index in [1.54, 1.807) is 6.26 Å². The molecule has 1 unspecified atom stereocenters. The van der Waals surface area contributed by atoms with E-state index in [1.807, 2.05) is 54.6 Å². The third-order valence-electron chi connectivity index (χ3n) is 6.43. The summed E-state index contributed by atoms with van der Waals surface area (Å²) in [5, 5.41) is 1.15. The minimum atomic E-state index is -0.124. The van der Waals surface area contributed by atoms with Crippen molar-refractivity contribution in [2.24, 2.45) is 0 Å². The quantitative estimate of drug-likeness (QED) is 0.316. The van der Waals surface area contributed by atoms with E-state index in [0.717, 1.165) is 54.6 Å². The molecule has 1 atom stereocenters. The second kappa shape index (κ2) is 9.37. The first-order valence-electron chi connectivity index (χ1n) is 11.3. The van der Waals surface area contributed by atoms with Crippen LogP contribution in [0, 0.1) is 0 Å². The number of carbonyl (C=O) groups is 1. The average molecular weight is 422 g/mol. The minimum absolute atomic E-state index is 0.124. The molecule has 2 heterocycles. The van der Waals surface area contributed by atoms with Crippen molar-refractivity contribution in [1.29, 1.82) is 0 Å². The summed E-state index contributed by atoms with van der Waals surface area (Å²) in [5.74, 6) is 0.0791. The maximum atomic E-state index is 13.3. The van der Waals surface area contributed by atoms with Crippen molar-refractivity contribution in [3.63, 3.8) is 0 Å². The molecule has 3 nitrogen and oxygen atoms in total. The highest BCUT2D eigenvalue weighted by Gasteiger charge is 2.23. The van der Waals surface area contributed by atoms with Crippen LogP contribution in [0.15, 0.2) is 102 Å². The van der Waals surface area contributed by atoms with E-state index in [0.29, 0.717) is 0 Å². The van der Waals surface area contributed by atoms with Gasteiger partial charge in [-0.25, -0.2) is 0 Å². The second-order valence-electron chi connectivity index (χ2n) is 8.41. The van der Waals surface area contributed by atoms with Crippen LogP contribution in [-0.4, -0.2) is 30.3 Å². The van der Waals surface area contributed by atoms with E-state index >= 15 is 0 Å². The lowest BCUT2D eigenvalue weighted by molar-refractivity contribution is 0.0948. The first-order chi connectivity index (χ1) is 15.8. The van der Waals surface area contributed by atoms with E-state index in [-0.39, 0.29) is 11.7 Å². The van der Waals surface area contributed by atoms with Gasteiger partial charge in [0, 0.05) is 35.5 Å². The van der Waals surface area contributed by atoms with Gasteiger partial charge in [0.1, 0.15) is 5.58 Å². The number of furan rings is 1. The normalized spacial score (nSPS) is 15.4. The summed E-state index contributed by atoms with van der Waals surface area (Å²) in [4.78, 5) is 15.8. The number of nitrogens with zero attached hydrogens (tertiary/aromatic N) is 1. The Labute approximate surface area is 189 Å². The molecule has 32 heavy (non-hydrogen) atoms. The molecule has 5 rings (SSSR count). The molecule has 0 saturated heterocycles. The monoisotopic (exact) mass is 421 g/mol. The fourth-order valence-corrected chi connectivity index (χ4v) is 4.65. The predicted octanol–water partition coefficient (Wildman–Crippen LogP) is 6.58. The van der Waals surface area contributed by atoms with Crippen LogP contribution >= 0.6 is 0 Å². The number of rotatable bonds is 7. The lowest BCUT2D eigenvalue weighted by Gasteiger charge is -2.28. The number of para-hydroxylation sites is 1. The number of hydrogen-bond donors (Lipinski definition) is 0. The standard InChI is InChI=1S/C29H27NO2/c31-28(24-10-5-2-6-11-24)26(22-8-3-1-4-9-22)16-20-30-18-14-23(15-19-30)27-13-7-12-25-17-21-32-29(25)27/h1-14,17,21,26H,15-16,18-20H2. The first kappa shape index (κ1) is 20.5. The molecule has 0 fully saturated rings. The maximum Gasteiger partial charge on any atom is 0.170 e. The molecule has 160 valence electrons. The molecule has 0 radical (unpaired) electrons. The zero-order valence-corrected chi connectivity index (χ0v) is 18.1. The van der Waals surface area contributed by atoms with Crippen LogP contribution in [0.1, 0.15) is 40.2 Å². The summed E-state index contributed by atoms with van der Waals surface area (Å²) in [7, 11) is 0. The summed E-state index contributed by atoms with van der Waals surface area (Å²) in [6, 6.07) is 28.2. The van der Waals surface area contributed by atoms with Crippen molar-refractivity contribution < 1.29 is 9.21 Å². The van der Waals surface area contributed by atoms with Gasteiger partial charge in [-0.05, 0) is 36.6 Å². The molecular weight excluding hydrogens is 394 g/mol. The SMILES string of the molecule is O=C(c1ccccc1)C(CCN1CC=C(c2cccc3ccoc23)CC1)c1ccccc1. The van der Waals surface area contributed by atoms with Crippen LogP contribution in [0.25, 0.3) is 16.5 Å². The Hall–Kier alpha value is -3.43. The topological polar surface area (TPSA) is 33.5 Å². The zero-order valence-electron chi connectivity index (χ0n) is 18.1. The predicted molar refractivity (Wildman–Crippen MR) is 130 cm³/mol. The molecule has 3 aromatic carbocycles. The number of ketones is 1. The Morgan fingerprint density at radius 1 is 0.906 bits per heavy atom. The molecule has 0 N–H and O–H groups in total. The molecule has 0 bridgehead atoms. The third-order valence-corrected chi connectivity index (χ3v) is 6.43. The summed E-state index contributed by atoms with van der Waals surface area (Å²) in [6.07, 6.45) is 5.88. The van der Waals surface area contributed by atoms with Gasteiger partial charge in [0.25, 0.3) is 0 Å². The van der Waals surface area contributed by atoms with Crippen molar-refractivity contribution in [3.8, 4) is 0 Å². The van der Waals surface area contributed by atoms with E-state index in [9.17, 15) is 4.79 Å². The molecule has 0 spiro atoms. The Kier molecular flexibility index (Phi) is 6.00. The molecule has 1 aliphatic rings. The number of benzene rings is 3. The van der Waals surface area contributed by atoms with Gasteiger partial charge in [-0.15, -0.1) is 0 Å². The summed E-state index contributed by atoms with van der Waals surface area (Å²) >= 11 is 0. The highest BCUT2D eigenvalue weighted by Crippen LogP contribution is 2.31. The molecule has 0 saturated carbocycles. The number of fused-ring (bicyclic) bond motifs is 1. The van der Waals surface area contributed by atoms with Gasteiger partial charge in [-0.2, -0.15) is 0 Å². The van der Waals surface area contributed by atoms with Gasteiger partial charge in [0.15, 0.2) is 5.78 Å².